The van der Waals surface area contributed by atoms with E-state index in [1.165, 1.54) is 0 Å². The van der Waals surface area contributed by atoms with E-state index in [-0.39, 0.29) is 11.6 Å². The first-order valence-electron chi connectivity index (χ1n) is 10.5. The third-order valence-corrected chi connectivity index (χ3v) is 4.85. The van der Waals surface area contributed by atoms with E-state index < -0.39 is 23.4 Å². The fourth-order valence-corrected chi connectivity index (χ4v) is 3.00. The Hall–Kier alpha value is -4.02. The van der Waals surface area contributed by atoms with Gasteiger partial charge in [-0.2, -0.15) is 15.0 Å². The number of hydrogen-bond acceptors (Lipinski definition) is 10. The maximum Gasteiger partial charge on any atom is 0.314 e. The molecule has 0 aliphatic heterocycles. The summed E-state index contributed by atoms with van der Waals surface area (Å²) >= 11 is 0. The SMILES string of the molecule is CCCCC(CC)Cc1nc(-c2ccccn2)nc(O)c1O.NC(=O)c1nc(O)ncc1O. The average Bonchev–Trinajstić information content (AvgIpc) is 2.81. The lowest BCUT2D eigenvalue weighted by Crippen LogP contribution is -2.13. The molecule has 0 aliphatic carbocycles. The van der Waals surface area contributed by atoms with Crippen LogP contribution < -0.4 is 5.73 Å². The largest absolute Gasteiger partial charge is 0.504 e. The van der Waals surface area contributed by atoms with Crippen LogP contribution in [0.1, 0.15) is 55.7 Å². The number of carbonyl (C=O) groups excluding carboxylic acids is 1. The van der Waals surface area contributed by atoms with Crippen molar-refractivity contribution >= 4 is 5.91 Å². The number of hydrogen-bond donors (Lipinski definition) is 5. The second-order valence-corrected chi connectivity index (χ2v) is 7.27. The number of primary amides is 1. The fourth-order valence-electron chi connectivity index (χ4n) is 3.00. The molecule has 0 aromatic carbocycles. The summed E-state index contributed by atoms with van der Waals surface area (Å²) in [5.74, 6) is -1.17. The van der Waals surface area contributed by atoms with E-state index in [9.17, 15) is 15.0 Å². The highest BCUT2D eigenvalue weighted by Crippen LogP contribution is 2.31. The summed E-state index contributed by atoms with van der Waals surface area (Å²) in [5.41, 5.74) is 5.47. The summed E-state index contributed by atoms with van der Waals surface area (Å²) in [7, 11) is 0. The zero-order valence-electron chi connectivity index (χ0n) is 18.5. The van der Waals surface area contributed by atoms with Gasteiger partial charge in [-0.3, -0.25) is 9.78 Å². The number of amides is 1. The molecule has 11 heteroatoms. The Labute approximate surface area is 191 Å². The van der Waals surface area contributed by atoms with Crippen LogP contribution in [0.4, 0.5) is 0 Å². The molecule has 3 rings (SSSR count). The van der Waals surface area contributed by atoms with Crippen molar-refractivity contribution in [2.75, 3.05) is 0 Å². The van der Waals surface area contributed by atoms with E-state index in [0.717, 1.165) is 31.9 Å². The van der Waals surface area contributed by atoms with Gasteiger partial charge in [0.25, 0.3) is 11.8 Å². The number of nitrogens with zero attached hydrogens (tertiary/aromatic N) is 5. The minimum atomic E-state index is -0.916. The molecule has 6 N–H and O–H groups in total. The van der Waals surface area contributed by atoms with Gasteiger partial charge in [-0.15, -0.1) is 0 Å². The fraction of sp³-hybridized carbons (Fsp3) is 0.364. The van der Waals surface area contributed by atoms with Crippen molar-refractivity contribution in [1.29, 1.82) is 0 Å². The van der Waals surface area contributed by atoms with Crippen LogP contribution in [0.3, 0.4) is 0 Å². The van der Waals surface area contributed by atoms with Crippen molar-refractivity contribution in [3.63, 3.8) is 0 Å². The molecule has 0 saturated carbocycles. The predicted octanol–water partition coefficient (Wildman–Crippen LogP) is 2.70. The molecule has 0 aliphatic rings. The Morgan fingerprint density at radius 1 is 1.06 bits per heavy atom. The van der Waals surface area contributed by atoms with E-state index in [2.05, 4.69) is 38.8 Å². The van der Waals surface area contributed by atoms with E-state index >= 15 is 0 Å². The Morgan fingerprint density at radius 2 is 1.82 bits per heavy atom. The van der Waals surface area contributed by atoms with Gasteiger partial charge < -0.3 is 26.2 Å². The maximum absolute atomic E-state index is 10.4. The summed E-state index contributed by atoms with van der Waals surface area (Å²) < 4.78 is 0. The van der Waals surface area contributed by atoms with Crippen molar-refractivity contribution in [3.8, 4) is 34.9 Å². The molecule has 0 bridgehead atoms. The first kappa shape index (κ1) is 25.2. The van der Waals surface area contributed by atoms with E-state index in [4.69, 9.17) is 15.9 Å². The van der Waals surface area contributed by atoms with Gasteiger partial charge in [0.2, 0.25) is 0 Å². The lowest BCUT2D eigenvalue weighted by atomic mass is 9.94. The number of aromatic nitrogens is 5. The molecule has 1 amide bonds. The topological polar surface area (TPSA) is 188 Å². The number of aromatic hydroxyl groups is 4. The summed E-state index contributed by atoms with van der Waals surface area (Å²) in [6.45, 7) is 4.30. The van der Waals surface area contributed by atoms with Crippen LogP contribution in [-0.4, -0.2) is 51.3 Å². The van der Waals surface area contributed by atoms with E-state index in [0.29, 0.717) is 29.6 Å². The summed E-state index contributed by atoms with van der Waals surface area (Å²) in [5, 5.41) is 37.4. The molecule has 11 nitrogen and oxygen atoms in total. The standard InChI is InChI=1S/C17H23N3O2.C5H5N3O3/c1-3-5-8-12(4-2)11-14-15(21)17(22)20-16(19-14)13-9-6-7-10-18-13;6-4(10)3-2(9)1-7-5(11)8-3/h6-7,9-10,12,21H,3-5,8,11H2,1-2H3,(H,19,20,22);1,9H,(H2,6,10)(H,7,8,11). The molecule has 0 fully saturated rings. The number of nitrogens with two attached hydrogens (primary N) is 1. The van der Waals surface area contributed by atoms with Gasteiger partial charge >= 0.3 is 6.01 Å². The van der Waals surface area contributed by atoms with Gasteiger partial charge in [0.15, 0.2) is 23.0 Å². The molecule has 3 heterocycles. The van der Waals surface area contributed by atoms with Crippen molar-refractivity contribution < 1.29 is 25.2 Å². The molecular formula is C22H28N6O5. The van der Waals surface area contributed by atoms with Crippen LogP contribution in [0, 0.1) is 5.92 Å². The summed E-state index contributed by atoms with van der Waals surface area (Å²) in [6, 6.07) is 4.83. The molecule has 1 atom stereocenters. The van der Waals surface area contributed by atoms with Gasteiger partial charge in [0.1, 0.15) is 5.69 Å². The average molecular weight is 457 g/mol. The quantitative estimate of drug-likeness (QED) is 0.337. The number of carbonyl (C=O) groups is 1. The van der Waals surface area contributed by atoms with Gasteiger partial charge in [-0.1, -0.05) is 45.6 Å². The first-order valence-corrected chi connectivity index (χ1v) is 10.5. The maximum atomic E-state index is 10.4. The Kier molecular flexibility index (Phi) is 9.28. The summed E-state index contributed by atoms with van der Waals surface area (Å²) in [4.78, 5) is 29.4. The first-order chi connectivity index (χ1) is 15.8. The molecule has 0 radical (unpaired) electrons. The van der Waals surface area contributed by atoms with Crippen molar-refractivity contribution in [2.45, 2.75) is 46.0 Å². The van der Waals surface area contributed by atoms with Crippen molar-refractivity contribution in [3.05, 3.63) is 42.0 Å². The van der Waals surface area contributed by atoms with Crippen LogP contribution >= 0.6 is 0 Å². The number of rotatable bonds is 8. The molecular weight excluding hydrogens is 428 g/mol. The van der Waals surface area contributed by atoms with Crippen molar-refractivity contribution in [2.24, 2.45) is 11.7 Å². The van der Waals surface area contributed by atoms with Gasteiger partial charge in [0, 0.05) is 6.20 Å². The molecule has 3 aromatic heterocycles. The van der Waals surface area contributed by atoms with Crippen LogP contribution in [0.5, 0.6) is 23.4 Å². The van der Waals surface area contributed by atoms with Crippen LogP contribution in [0.25, 0.3) is 11.5 Å². The second-order valence-electron chi connectivity index (χ2n) is 7.27. The zero-order valence-corrected chi connectivity index (χ0v) is 18.5. The summed E-state index contributed by atoms with van der Waals surface area (Å²) in [6.07, 6.45) is 7.60. The Balaban J connectivity index is 0.000000294. The van der Waals surface area contributed by atoms with Crippen LogP contribution in [-0.2, 0) is 6.42 Å². The highest BCUT2D eigenvalue weighted by atomic mass is 16.3. The third kappa shape index (κ3) is 7.27. The normalized spacial score (nSPS) is 11.3. The van der Waals surface area contributed by atoms with E-state index in [1.807, 2.05) is 12.1 Å². The number of unbranched alkanes of at least 4 members (excludes halogenated alkanes) is 1. The Morgan fingerprint density at radius 3 is 2.39 bits per heavy atom. The lowest BCUT2D eigenvalue weighted by Gasteiger charge is -2.15. The lowest BCUT2D eigenvalue weighted by molar-refractivity contribution is 0.0991. The Bertz CT molecular complexity index is 1060. The highest BCUT2D eigenvalue weighted by Gasteiger charge is 2.18. The minimum Gasteiger partial charge on any atom is -0.504 e. The van der Waals surface area contributed by atoms with Crippen LogP contribution in [0.2, 0.25) is 0 Å². The van der Waals surface area contributed by atoms with Gasteiger partial charge in [-0.25, -0.2) is 4.98 Å². The zero-order chi connectivity index (χ0) is 24.4. The molecule has 1 unspecified atom stereocenters. The molecule has 33 heavy (non-hydrogen) atoms. The molecule has 0 saturated heterocycles. The van der Waals surface area contributed by atoms with Crippen molar-refractivity contribution in [1.82, 2.24) is 24.9 Å². The van der Waals surface area contributed by atoms with Gasteiger partial charge in [-0.05, 0) is 24.5 Å². The van der Waals surface area contributed by atoms with Crippen LogP contribution in [0.15, 0.2) is 30.6 Å². The van der Waals surface area contributed by atoms with Gasteiger partial charge in [0.05, 0.1) is 11.9 Å². The molecule has 0 spiro atoms. The smallest absolute Gasteiger partial charge is 0.314 e. The second kappa shape index (κ2) is 12.1. The van der Waals surface area contributed by atoms with E-state index in [1.54, 1.807) is 12.3 Å². The minimum absolute atomic E-state index is 0.213. The molecule has 3 aromatic rings. The predicted molar refractivity (Wildman–Crippen MR) is 119 cm³/mol. The number of pyridine rings is 1. The third-order valence-electron chi connectivity index (χ3n) is 4.85. The monoisotopic (exact) mass is 456 g/mol. The highest BCUT2D eigenvalue weighted by molar-refractivity contribution is 5.93. The molecule has 176 valence electrons.